The van der Waals surface area contributed by atoms with Crippen molar-refractivity contribution in [2.75, 3.05) is 13.7 Å². The van der Waals surface area contributed by atoms with Crippen LogP contribution in [0.4, 0.5) is 0 Å². The highest BCUT2D eigenvalue weighted by Gasteiger charge is 2.48. The molecule has 6 atom stereocenters. The smallest absolute Gasteiger partial charge is 0.186 e. The van der Waals surface area contributed by atoms with Gasteiger partial charge in [-0.15, -0.1) is 0 Å². The Hall–Kier alpha value is -1.02. The van der Waals surface area contributed by atoms with Crippen molar-refractivity contribution < 1.29 is 29.2 Å². The van der Waals surface area contributed by atoms with Crippen molar-refractivity contribution in [3.05, 3.63) is 35.9 Å². The molecule has 0 saturated carbocycles. The van der Waals surface area contributed by atoms with E-state index in [4.69, 9.17) is 18.9 Å². The Morgan fingerprint density at radius 2 is 1.85 bits per heavy atom. The molecule has 2 aliphatic heterocycles. The normalized spacial score (nSPS) is 41.1. The van der Waals surface area contributed by atoms with E-state index in [2.05, 4.69) is 0 Å². The molecule has 2 heterocycles. The Labute approximate surface area is 116 Å². The number of hydrogen-bond donors (Lipinski definition) is 2. The molecule has 110 valence electrons. The molecule has 2 saturated heterocycles. The highest BCUT2D eigenvalue weighted by molar-refractivity contribution is 5.16. The maximum Gasteiger partial charge on any atom is 0.186 e. The molecule has 2 aliphatic rings. The van der Waals surface area contributed by atoms with Crippen molar-refractivity contribution >= 4 is 0 Å². The number of aliphatic hydroxyl groups excluding tert-OH is 2. The number of benzene rings is 1. The molecule has 20 heavy (non-hydrogen) atoms. The van der Waals surface area contributed by atoms with Crippen LogP contribution in [0.25, 0.3) is 0 Å². The van der Waals surface area contributed by atoms with E-state index < -0.39 is 37.0 Å². The van der Waals surface area contributed by atoms with Crippen LogP contribution in [0.2, 0.25) is 0 Å². The molecule has 0 radical (unpaired) electrons. The third-order valence-corrected chi connectivity index (χ3v) is 3.64. The number of ether oxygens (including phenoxy) is 4. The van der Waals surface area contributed by atoms with Gasteiger partial charge in [-0.25, -0.2) is 0 Å². The standard InChI is InChI=1S/C14H18O6/c1-17-14-11(16)10(15)12-9(19-14)7-18-13(20-12)8-5-3-2-4-6-8/h2-6,9-16H,7H2,1H3/t9-,10-,11-,12-,13?,14-/m1/s1. The van der Waals surface area contributed by atoms with Crippen LogP contribution in [-0.4, -0.2) is 54.6 Å². The zero-order chi connectivity index (χ0) is 14.1. The Kier molecular flexibility index (Phi) is 4.02. The van der Waals surface area contributed by atoms with Crippen LogP contribution in [0.1, 0.15) is 11.9 Å². The van der Waals surface area contributed by atoms with E-state index in [-0.39, 0.29) is 6.61 Å². The van der Waals surface area contributed by atoms with Gasteiger partial charge in [0, 0.05) is 12.7 Å². The van der Waals surface area contributed by atoms with Gasteiger partial charge in [0.05, 0.1) is 6.61 Å². The minimum absolute atomic E-state index is 0.272. The third kappa shape index (κ3) is 2.46. The number of fused-ring (bicyclic) bond motifs is 1. The summed E-state index contributed by atoms with van der Waals surface area (Å²) in [6.45, 7) is 0.272. The molecule has 6 nitrogen and oxygen atoms in total. The number of rotatable bonds is 2. The molecule has 0 amide bonds. The van der Waals surface area contributed by atoms with Gasteiger partial charge in [0.15, 0.2) is 12.6 Å². The van der Waals surface area contributed by atoms with Gasteiger partial charge in [0.2, 0.25) is 0 Å². The van der Waals surface area contributed by atoms with Crippen LogP contribution in [-0.2, 0) is 18.9 Å². The summed E-state index contributed by atoms with van der Waals surface area (Å²) in [6.07, 6.45) is -4.76. The maximum atomic E-state index is 10.1. The molecule has 1 unspecified atom stereocenters. The van der Waals surface area contributed by atoms with Crippen LogP contribution in [0.5, 0.6) is 0 Å². The highest BCUT2D eigenvalue weighted by Crippen LogP contribution is 2.33. The fourth-order valence-electron chi connectivity index (χ4n) is 2.55. The van der Waals surface area contributed by atoms with E-state index in [0.717, 1.165) is 5.56 Å². The summed E-state index contributed by atoms with van der Waals surface area (Å²) in [7, 11) is 1.41. The maximum absolute atomic E-state index is 10.1. The molecule has 2 fully saturated rings. The molecule has 1 aromatic rings. The SMILES string of the molecule is CO[C@@H]1O[C@@H]2COC(c3ccccc3)O[C@H]2[C@H](O)[C@H]1O. The third-order valence-electron chi connectivity index (χ3n) is 3.64. The second-order valence-electron chi connectivity index (χ2n) is 4.94. The lowest BCUT2D eigenvalue weighted by atomic mass is 9.98. The van der Waals surface area contributed by atoms with Crippen molar-refractivity contribution in [1.82, 2.24) is 0 Å². The first-order valence-electron chi connectivity index (χ1n) is 6.57. The van der Waals surface area contributed by atoms with E-state index in [1.54, 1.807) is 0 Å². The summed E-state index contributed by atoms with van der Waals surface area (Å²) in [5.41, 5.74) is 0.863. The van der Waals surface area contributed by atoms with Crippen LogP contribution < -0.4 is 0 Å². The quantitative estimate of drug-likeness (QED) is 0.806. The summed E-state index contributed by atoms with van der Waals surface area (Å²) in [5.74, 6) is 0. The minimum Gasteiger partial charge on any atom is -0.387 e. The van der Waals surface area contributed by atoms with Crippen molar-refractivity contribution in [1.29, 1.82) is 0 Å². The molecule has 3 rings (SSSR count). The van der Waals surface area contributed by atoms with Crippen LogP contribution >= 0.6 is 0 Å². The zero-order valence-corrected chi connectivity index (χ0v) is 11.1. The fraction of sp³-hybridized carbons (Fsp3) is 0.571. The minimum atomic E-state index is -1.14. The molecule has 0 spiro atoms. The molecular weight excluding hydrogens is 264 g/mol. The van der Waals surface area contributed by atoms with Crippen LogP contribution in [0.3, 0.4) is 0 Å². The predicted octanol–water partition coefficient (Wildman–Crippen LogP) is 0.194. The lowest BCUT2D eigenvalue weighted by molar-refractivity contribution is -0.358. The van der Waals surface area contributed by atoms with Crippen molar-refractivity contribution in [2.24, 2.45) is 0 Å². The zero-order valence-electron chi connectivity index (χ0n) is 11.1. The molecule has 1 aromatic carbocycles. The average Bonchev–Trinajstić information content (AvgIpc) is 2.51. The highest BCUT2D eigenvalue weighted by atomic mass is 16.7. The molecule has 2 N–H and O–H groups in total. The van der Waals surface area contributed by atoms with Crippen molar-refractivity contribution in [2.45, 2.75) is 37.0 Å². The van der Waals surface area contributed by atoms with Gasteiger partial charge in [-0.2, -0.15) is 0 Å². The Bertz CT molecular complexity index is 437. The van der Waals surface area contributed by atoms with Crippen LogP contribution in [0, 0.1) is 0 Å². The summed E-state index contributed by atoms with van der Waals surface area (Å²) < 4.78 is 21.9. The number of methoxy groups -OCH3 is 1. The topological polar surface area (TPSA) is 77.4 Å². The van der Waals surface area contributed by atoms with Crippen LogP contribution in [0.15, 0.2) is 30.3 Å². The number of aliphatic hydroxyl groups is 2. The predicted molar refractivity (Wildman–Crippen MR) is 67.7 cm³/mol. The molecule has 0 aliphatic carbocycles. The van der Waals surface area contributed by atoms with Crippen molar-refractivity contribution in [3.63, 3.8) is 0 Å². The Morgan fingerprint density at radius 3 is 2.55 bits per heavy atom. The summed E-state index contributed by atoms with van der Waals surface area (Å²) in [4.78, 5) is 0. The summed E-state index contributed by atoms with van der Waals surface area (Å²) in [5, 5.41) is 20.1. The molecule has 0 aromatic heterocycles. The van der Waals surface area contributed by atoms with Gasteiger partial charge >= 0.3 is 0 Å². The van der Waals surface area contributed by atoms with Gasteiger partial charge in [0.1, 0.15) is 24.4 Å². The first-order valence-corrected chi connectivity index (χ1v) is 6.57. The second-order valence-corrected chi connectivity index (χ2v) is 4.94. The summed E-state index contributed by atoms with van der Waals surface area (Å²) >= 11 is 0. The largest absolute Gasteiger partial charge is 0.387 e. The van der Waals surface area contributed by atoms with Crippen molar-refractivity contribution in [3.8, 4) is 0 Å². The van der Waals surface area contributed by atoms with Gasteiger partial charge < -0.3 is 29.2 Å². The first kappa shape index (κ1) is 13.9. The van der Waals surface area contributed by atoms with E-state index in [9.17, 15) is 10.2 Å². The van der Waals surface area contributed by atoms with E-state index in [0.29, 0.717) is 0 Å². The Balaban J connectivity index is 1.74. The molecular formula is C14H18O6. The van der Waals surface area contributed by atoms with E-state index >= 15 is 0 Å². The van der Waals surface area contributed by atoms with Gasteiger partial charge in [-0.05, 0) is 0 Å². The van der Waals surface area contributed by atoms with E-state index in [1.807, 2.05) is 30.3 Å². The summed E-state index contributed by atoms with van der Waals surface area (Å²) in [6, 6.07) is 9.45. The lowest BCUT2D eigenvalue weighted by Gasteiger charge is -2.45. The average molecular weight is 282 g/mol. The molecule has 0 bridgehead atoms. The van der Waals surface area contributed by atoms with E-state index in [1.165, 1.54) is 7.11 Å². The first-order chi connectivity index (χ1) is 9.70. The molecule has 6 heteroatoms. The fourth-order valence-corrected chi connectivity index (χ4v) is 2.55. The van der Waals surface area contributed by atoms with Gasteiger partial charge in [-0.1, -0.05) is 30.3 Å². The van der Waals surface area contributed by atoms with Gasteiger partial charge in [0.25, 0.3) is 0 Å². The second kappa shape index (κ2) is 5.77. The Morgan fingerprint density at radius 1 is 1.10 bits per heavy atom. The monoisotopic (exact) mass is 282 g/mol. The van der Waals surface area contributed by atoms with Gasteiger partial charge in [-0.3, -0.25) is 0 Å². The number of hydrogen-bond acceptors (Lipinski definition) is 6. The lowest BCUT2D eigenvalue weighted by Crippen LogP contribution is -2.62.